The Hall–Kier alpha value is -3.46. The lowest BCUT2D eigenvalue weighted by atomic mass is 9.73. The molecule has 2 aromatic rings. The van der Waals surface area contributed by atoms with Gasteiger partial charge in [-0.05, 0) is 37.0 Å². The van der Waals surface area contributed by atoms with Gasteiger partial charge in [-0.1, -0.05) is 85.3 Å². The first-order chi connectivity index (χ1) is 20.2. The summed E-state index contributed by atoms with van der Waals surface area (Å²) in [6, 6.07) is 13.2. The second kappa shape index (κ2) is 10.7. The molecule has 8 nitrogen and oxygen atoms in total. The number of likely N-dealkylation sites (tertiary alicyclic amines) is 1. The number of carbonyl (C=O) groups excluding carboxylic acids is 3. The van der Waals surface area contributed by atoms with Crippen LogP contribution < -0.4 is 4.90 Å². The largest absolute Gasteiger partial charge is 0.394 e. The van der Waals surface area contributed by atoms with Gasteiger partial charge in [-0.15, -0.1) is 0 Å². The number of likely N-dealkylation sites (N-methyl/N-ethyl adjacent to an activating group) is 1. The van der Waals surface area contributed by atoms with Gasteiger partial charge in [0.1, 0.15) is 11.6 Å². The average Bonchev–Trinajstić information content (AvgIpc) is 3.29. The normalized spacial score (nSPS) is 31.1. The number of nitrogens with zero attached hydrogens (tertiary/aromatic N) is 3. The monoisotopic (exact) mass is 589 g/mol. The Kier molecular flexibility index (Phi) is 7.28. The number of halogens is 1. The first-order valence-electron chi connectivity index (χ1n) is 14.5. The maximum atomic E-state index is 14.9. The highest BCUT2D eigenvalue weighted by atomic mass is 35.5. The van der Waals surface area contributed by atoms with E-state index in [0.29, 0.717) is 30.1 Å². The van der Waals surface area contributed by atoms with Gasteiger partial charge in [0, 0.05) is 20.1 Å². The number of amides is 3. The third-order valence-corrected chi connectivity index (χ3v) is 9.76. The van der Waals surface area contributed by atoms with E-state index in [2.05, 4.69) is 0 Å². The lowest BCUT2D eigenvalue weighted by molar-refractivity contribution is -0.152. The molecular formula is C33H36ClN3O5. The van der Waals surface area contributed by atoms with E-state index in [4.69, 9.17) is 16.3 Å². The van der Waals surface area contributed by atoms with Gasteiger partial charge in [0.15, 0.2) is 0 Å². The SMILES string of the molecule is CC[C@@]12C=CCN(C)C(=O)[C@@H]1[C@H]1C(=O)N([C@@H](CO)Cc3ccccc3)C3C(=O)N(c4c(C)cccc4Cl)CC=C[C@@]31O2. The molecule has 3 amide bonds. The van der Waals surface area contributed by atoms with Crippen molar-refractivity contribution in [2.45, 2.75) is 50.0 Å². The van der Waals surface area contributed by atoms with Crippen molar-refractivity contribution in [1.82, 2.24) is 9.80 Å². The van der Waals surface area contributed by atoms with E-state index in [9.17, 15) is 19.5 Å². The van der Waals surface area contributed by atoms with Crippen molar-refractivity contribution in [1.29, 1.82) is 0 Å². The molecule has 0 radical (unpaired) electrons. The molecule has 0 saturated carbocycles. The Morgan fingerprint density at radius 1 is 0.976 bits per heavy atom. The van der Waals surface area contributed by atoms with E-state index in [0.717, 1.165) is 11.1 Å². The molecule has 0 bridgehead atoms. The van der Waals surface area contributed by atoms with Gasteiger partial charge in [-0.25, -0.2) is 0 Å². The summed E-state index contributed by atoms with van der Waals surface area (Å²) in [4.78, 5) is 48.3. The summed E-state index contributed by atoms with van der Waals surface area (Å²) >= 11 is 6.66. The van der Waals surface area contributed by atoms with E-state index in [1.807, 2.05) is 80.6 Å². The number of hydrogen-bond acceptors (Lipinski definition) is 5. The first-order valence-corrected chi connectivity index (χ1v) is 14.9. The van der Waals surface area contributed by atoms with Gasteiger partial charge < -0.3 is 24.5 Å². The minimum absolute atomic E-state index is 0.190. The Labute approximate surface area is 251 Å². The van der Waals surface area contributed by atoms with E-state index in [1.165, 1.54) is 4.90 Å². The number of fused-ring (bicyclic) bond motifs is 2. The minimum Gasteiger partial charge on any atom is -0.394 e. The zero-order valence-electron chi connectivity index (χ0n) is 24.1. The highest BCUT2D eigenvalue weighted by Gasteiger charge is 2.75. The predicted molar refractivity (Wildman–Crippen MR) is 160 cm³/mol. The van der Waals surface area contributed by atoms with Gasteiger partial charge in [0.25, 0.3) is 5.91 Å². The van der Waals surface area contributed by atoms with Gasteiger partial charge in [-0.2, -0.15) is 0 Å². The standard InChI is InChI=1S/C33H36ClN3O5/c1-4-32-15-9-17-35(3)29(39)25(32)26-30(40)37(23(20-38)19-22-12-6-5-7-13-22)28-31(41)36(18-10-16-33(26,28)42-32)27-21(2)11-8-14-24(27)34/h5-16,23,25-26,28,38H,4,17-20H2,1-3H3/t23-,25+,26+,28?,32-,33+/m1/s1. The number of carbonyl (C=O) groups is 3. The smallest absolute Gasteiger partial charge is 0.253 e. The highest BCUT2D eigenvalue weighted by molar-refractivity contribution is 6.34. The summed E-state index contributed by atoms with van der Waals surface area (Å²) in [5.74, 6) is -2.68. The van der Waals surface area contributed by atoms with Crippen LogP contribution in [0.15, 0.2) is 72.8 Å². The van der Waals surface area contributed by atoms with Crippen molar-refractivity contribution in [3.63, 3.8) is 0 Å². The molecule has 0 aromatic heterocycles. The molecule has 1 unspecified atom stereocenters. The molecule has 2 aromatic carbocycles. The number of benzene rings is 2. The molecule has 1 spiro atoms. The van der Waals surface area contributed by atoms with Crippen LogP contribution in [0.2, 0.25) is 5.02 Å². The number of aryl methyl sites for hydroxylation is 1. The molecule has 220 valence electrons. The fourth-order valence-electron chi connectivity index (χ4n) is 7.52. The molecule has 6 rings (SSSR count). The Morgan fingerprint density at radius 2 is 1.71 bits per heavy atom. The topological polar surface area (TPSA) is 90.4 Å². The third-order valence-electron chi connectivity index (χ3n) is 9.46. The number of ether oxygens (including phenoxy) is 1. The fourth-order valence-corrected chi connectivity index (χ4v) is 7.84. The Balaban J connectivity index is 1.54. The fraction of sp³-hybridized carbons (Fsp3) is 0.424. The summed E-state index contributed by atoms with van der Waals surface area (Å²) in [6.45, 7) is 4.09. The Morgan fingerprint density at radius 3 is 2.40 bits per heavy atom. The van der Waals surface area contributed by atoms with Crippen molar-refractivity contribution in [2.24, 2.45) is 11.8 Å². The van der Waals surface area contributed by atoms with Gasteiger partial charge in [-0.3, -0.25) is 14.4 Å². The number of aliphatic hydroxyl groups is 1. The minimum atomic E-state index is -1.42. The molecule has 9 heteroatoms. The molecule has 4 heterocycles. The molecule has 42 heavy (non-hydrogen) atoms. The number of hydrogen-bond donors (Lipinski definition) is 1. The third kappa shape index (κ3) is 4.14. The summed E-state index contributed by atoms with van der Waals surface area (Å²) in [5, 5.41) is 11.1. The van der Waals surface area contributed by atoms with Crippen LogP contribution in [-0.4, -0.2) is 82.7 Å². The number of aliphatic hydroxyl groups excluding tert-OH is 1. The number of para-hydroxylation sites is 1. The van der Waals surface area contributed by atoms with E-state index in [-0.39, 0.29) is 30.9 Å². The summed E-state index contributed by atoms with van der Waals surface area (Å²) in [7, 11) is 1.72. The van der Waals surface area contributed by atoms with Gasteiger partial charge >= 0.3 is 0 Å². The van der Waals surface area contributed by atoms with Crippen LogP contribution in [-0.2, 0) is 25.5 Å². The van der Waals surface area contributed by atoms with Crippen LogP contribution >= 0.6 is 11.6 Å². The van der Waals surface area contributed by atoms with Crippen molar-refractivity contribution in [3.8, 4) is 0 Å². The second-order valence-electron chi connectivity index (χ2n) is 11.8. The zero-order valence-corrected chi connectivity index (χ0v) is 24.8. The van der Waals surface area contributed by atoms with Crippen LogP contribution in [0.1, 0.15) is 24.5 Å². The van der Waals surface area contributed by atoms with Crippen molar-refractivity contribution in [3.05, 3.63) is 89.0 Å². The molecule has 4 aliphatic heterocycles. The van der Waals surface area contributed by atoms with Crippen LogP contribution in [0, 0.1) is 18.8 Å². The lowest BCUT2D eigenvalue weighted by Crippen LogP contribution is -2.59. The summed E-state index contributed by atoms with van der Waals surface area (Å²) in [5.41, 5.74) is -0.166. The van der Waals surface area contributed by atoms with Crippen LogP contribution in [0.4, 0.5) is 5.69 Å². The second-order valence-corrected chi connectivity index (χ2v) is 12.2. The first kappa shape index (κ1) is 28.6. The van der Waals surface area contributed by atoms with Crippen LogP contribution in [0.3, 0.4) is 0 Å². The quantitative estimate of drug-likeness (QED) is 0.521. The van der Waals surface area contributed by atoms with Crippen molar-refractivity contribution >= 4 is 35.0 Å². The van der Waals surface area contributed by atoms with Crippen LogP contribution in [0.5, 0.6) is 0 Å². The highest BCUT2D eigenvalue weighted by Crippen LogP contribution is 2.59. The molecule has 0 aliphatic carbocycles. The van der Waals surface area contributed by atoms with Gasteiger partial charge in [0.05, 0.1) is 40.8 Å². The number of rotatable bonds is 6. The average molecular weight is 590 g/mol. The zero-order chi connectivity index (χ0) is 29.8. The molecule has 2 saturated heterocycles. The number of anilines is 1. The van der Waals surface area contributed by atoms with Crippen LogP contribution in [0.25, 0.3) is 0 Å². The lowest BCUT2D eigenvalue weighted by Gasteiger charge is -2.41. The predicted octanol–water partition coefficient (Wildman–Crippen LogP) is 3.54. The summed E-state index contributed by atoms with van der Waals surface area (Å²) < 4.78 is 7.01. The maximum Gasteiger partial charge on any atom is 0.253 e. The molecule has 6 atom stereocenters. The Bertz CT molecular complexity index is 1460. The molecule has 1 N–H and O–H groups in total. The van der Waals surface area contributed by atoms with E-state index < -0.39 is 35.1 Å². The van der Waals surface area contributed by atoms with Gasteiger partial charge in [0.2, 0.25) is 11.8 Å². The molecule has 4 aliphatic rings. The maximum absolute atomic E-state index is 14.9. The van der Waals surface area contributed by atoms with Crippen molar-refractivity contribution in [2.75, 3.05) is 31.6 Å². The summed E-state index contributed by atoms with van der Waals surface area (Å²) in [6.07, 6.45) is 8.28. The van der Waals surface area contributed by atoms with E-state index in [1.54, 1.807) is 22.9 Å². The molecule has 2 fully saturated rings. The molecular weight excluding hydrogens is 554 g/mol. The van der Waals surface area contributed by atoms with Crippen molar-refractivity contribution < 1.29 is 24.2 Å². The van der Waals surface area contributed by atoms with E-state index >= 15 is 0 Å².